The Kier molecular flexibility index (Phi) is 5.09. The summed E-state index contributed by atoms with van der Waals surface area (Å²) in [6.45, 7) is 0.322. The van der Waals surface area contributed by atoms with Gasteiger partial charge in [0.2, 0.25) is 0 Å². The van der Waals surface area contributed by atoms with Gasteiger partial charge >= 0.3 is 0 Å². The van der Waals surface area contributed by atoms with E-state index >= 15 is 0 Å². The van der Waals surface area contributed by atoms with Crippen molar-refractivity contribution in [3.05, 3.63) is 89.2 Å². The van der Waals surface area contributed by atoms with Crippen LogP contribution >= 0.6 is 0 Å². The van der Waals surface area contributed by atoms with Crippen LogP contribution in [0.5, 0.6) is 11.5 Å². The Morgan fingerprint density at radius 2 is 1.91 bits per heavy atom. The summed E-state index contributed by atoms with van der Waals surface area (Å²) < 4.78 is 16.7. The molecular weight excluding hydrogens is 410 g/mol. The Balaban J connectivity index is 1.28. The lowest BCUT2D eigenvalue weighted by atomic mass is 10.1. The van der Waals surface area contributed by atoms with E-state index in [2.05, 4.69) is 15.1 Å². The number of benzene rings is 2. The van der Waals surface area contributed by atoms with Crippen LogP contribution in [0.2, 0.25) is 0 Å². The smallest absolute Gasteiger partial charge is 0.276 e. The predicted octanol–water partition coefficient (Wildman–Crippen LogP) is 4.23. The van der Waals surface area contributed by atoms with Crippen molar-refractivity contribution >= 4 is 11.0 Å². The molecule has 0 amide bonds. The number of nitrogens with zero attached hydrogens (tertiary/aromatic N) is 3. The van der Waals surface area contributed by atoms with E-state index in [9.17, 15) is 9.90 Å². The van der Waals surface area contributed by atoms with Crippen molar-refractivity contribution in [2.45, 2.75) is 6.42 Å². The van der Waals surface area contributed by atoms with Crippen LogP contribution in [0.15, 0.2) is 86.9 Å². The maximum absolute atomic E-state index is 12.8. The number of aromatic hydroxyl groups is 1. The highest BCUT2D eigenvalue weighted by Crippen LogP contribution is 2.24. The fourth-order valence-corrected chi connectivity index (χ4v) is 3.25. The highest BCUT2D eigenvalue weighted by molar-refractivity contribution is 5.82. The molecule has 0 aliphatic carbocycles. The lowest BCUT2D eigenvalue weighted by molar-refractivity contribution is 0.315. The third-order valence-corrected chi connectivity index (χ3v) is 4.87. The van der Waals surface area contributed by atoms with E-state index < -0.39 is 0 Å². The number of rotatable bonds is 6. The van der Waals surface area contributed by atoms with E-state index in [1.807, 2.05) is 12.1 Å². The van der Waals surface area contributed by atoms with Gasteiger partial charge in [-0.1, -0.05) is 23.4 Å². The summed E-state index contributed by atoms with van der Waals surface area (Å²) in [5, 5.41) is 13.8. The first-order valence-electron chi connectivity index (χ1n) is 9.89. The van der Waals surface area contributed by atoms with Crippen LogP contribution in [0.1, 0.15) is 5.82 Å². The molecule has 2 aromatic carbocycles. The van der Waals surface area contributed by atoms with E-state index in [0.717, 1.165) is 0 Å². The Labute approximate surface area is 181 Å². The topological polar surface area (TPSA) is 111 Å². The van der Waals surface area contributed by atoms with Crippen LogP contribution in [-0.2, 0) is 6.42 Å². The van der Waals surface area contributed by atoms with Crippen LogP contribution in [0.3, 0.4) is 0 Å². The number of fused-ring (bicyclic) bond motifs is 1. The number of ether oxygens (including phenoxy) is 1. The van der Waals surface area contributed by atoms with Crippen molar-refractivity contribution in [3.8, 4) is 34.2 Å². The monoisotopic (exact) mass is 427 g/mol. The lowest BCUT2D eigenvalue weighted by Gasteiger charge is -2.07. The summed E-state index contributed by atoms with van der Waals surface area (Å²) in [5.74, 6) is 1.56. The van der Waals surface area contributed by atoms with Gasteiger partial charge < -0.3 is 18.8 Å². The number of hydrogen-bond donors (Lipinski definition) is 1. The van der Waals surface area contributed by atoms with E-state index in [1.165, 1.54) is 18.4 Å². The molecule has 5 rings (SSSR count). The van der Waals surface area contributed by atoms with Crippen LogP contribution in [0.4, 0.5) is 0 Å². The average molecular weight is 427 g/mol. The standard InChI is InChI=1S/C24H17N3O5/c28-16-6-4-15(5-7-16)19-14-31-21-13-17(8-9-18(21)23(19)29)30-12-10-22-26-24(32-27-22)20-3-1-2-11-25-20/h1-9,11,13-14,28H,10,12H2. The van der Waals surface area contributed by atoms with Gasteiger partial charge in [-0.3, -0.25) is 9.78 Å². The molecule has 0 radical (unpaired) electrons. The molecule has 8 nitrogen and oxygen atoms in total. The van der Waals surface area contributed by atoms with Crippen LogP contribution in [0, 0.1) is 0 Å². The molecule has 0 saturated heterocycles. The number of pyridine rings is 1. The highest BCUT2D eigenvalue weighted by Gasteiger charge is 2.12. The molecule has 158 valence electrons. The van der Waals surface area contributed by atoms with Crippen LogP contribution < -0.4 is 10.2 Å². The van der Waals surface area contributed by atoms with Gasteiger partial charge in [-0.15, -0.1) is 0 Å². The van der Waals surface area contributed by atoms with Gasteiger partial charge in [0.1, 0.15) is 29.0 Å². The zero-order valence-electron chi connectivity index (χ0n) is 16.8. The van der Waals surface area contributed by atoms with E-state index in [-0.39, 0.29) is 11.2 Å². The second-order valence-electron chi connectivity index (χ2n) is 7.01. The molecule has 0 aliphatic rings. The zero-order chi connectivity index (χ0) is 21.9. The van der Waals surface area contributed by atoms with E-state index in [0.29, 0.717) is 58.3 Å². The fourth-order valence-electron chi connectivity index (χ4n) is 3.25. The maximum Gasteiger partial charge on any atom is 0.276 e. The van der Waals surface area contributed by atoms with Crippen molar-refractivity contribution in [3.63, 3.8) is 0 Å². The van der Waals surface area contributed by atoms with Crippen molar-refractivity contribution < 1.29 is 18.8 Å². The van der Waals surface area contributed by atoms with Crippen LogP contribution in [0.25, 0.3) is 33.7 Å². The molecule has 8 heteroatoms. The molecule has 0 atom stereocenters. The molecule has 0 fully saturated rings. The summed E-state index contributed by atoms with van der Waals surface area (Å²) in [6.07, 6.45) is 3.52. The van der Waals surface area contributed by atoms with E-state index in [1.54, 1.807) is 42.6 Å². The summed E-state index contributed by atoms with van der Waals surface area (Å²) in [7, 11) is 0. The third-order valence-electron chi connectivity index (χ3n) is 4.87. The summed E-state index contributed by atoms with van der Waals surface area (Å²) in [6, 6.07) is 16.9. The Hall–Kier alpha value is -4.46. The Morgan fingerprint density at radius 3 is 2.72 bits per heavy atom. The SMILES string of the molecule is O=c1c(-c2ccc(O)cc2)coc2cc(OCCc3noc(-c4ccccn4)n3)ccc12. The minimum Gasteiger partial charge on any atom is -0.508 e. The number of phenols is 1. The van der Waals surface area contributed by atoms with Gasteiger partial charge in [0.05, 0.1) is 17.6 Å². The lowest BCUT2D eigenvalue weighted by Crippen LogP contribution is -2.06. The van der Waals surface area contributed by atoms with Gasteiger partial charge in [-0.05, 0) is 42.0 Å². The second-order valence-corrected chi connectivity index (χ2v) is 7.01. The molecule has 3 heterocycles. The van der Waals surface area contributed by atoms with Gasteiger partial charge in [-0.25, -0.2) is 0 Å². The zero-order valence-corrected chi connectivity index (χ0v) is 16.8. The Bertz CT molecular complexity index is 1430. The quantitative estimate of drug-likeness (QED) is 0.428. The molecule has 0 unspecified atom stereocenters. The summed E-state index contributed by atoms with van der Waals surface area (Å²) >= 11 is 0. The van der Waals surface area contributed by atoms with Gasteiger partial charge in [0.25, 0.3) is 5.89 Å². The third kappa shape index (κ3) is 3.93. The largest absolute Gasteiger partial charge is 0.508 e. The molecule has 3 aromatic heterocycles. The highest BCUT2D eigenvalue weighted by atomic mass is 16.5. The summed E-state index contributed by atoms with van der Waals surface area (Å²) in [4.78, 5) is 21.4. The maximum atomic E-state index is 12.8. The molecule has 1 N–H and O–H groups in total. The van der Waals surface area contributed by atoms with Crippen LogP contribution in [-0.4, -0.2) is 26.8 Å². The first-order valence-corrected chi connectivity index (χ1v) is 9.89. The normalized spacial score (nSPS) is 11.0. The Morgan fingerprint density at radius 1 is 1.03 bits per heavy atom. The first kappa shape index (κ1) is 19.5. The average Bonchev–Trinajstić information content (AvgIpc) is 3.30. The van der Waals surface area contributed by atoms with Crippen molar-refractivity contribution in [2.24, 2.45) is 0 Å². The minimum atomic E-state index is -0.155. The van der Waals surface area contributed by atoms with Gasteiger partial charge in [-0.2, -0.15) is 4.98 Å². The number of aromatic nitrogens is 3. The van der Waals surface area contributed by atoms with E-state index in [4.69, 9.17) is 13.7 Å². The number of hydrogen-bond acceptors (Lipinski definition) is 8. The van der Waals surface area contributed by atoms with Crippen molar-refractivity contribution in [2.75, 3.05) is 6.61 Å². The number of phenolic OH excluding ortho intramolecular Hbond substituents is 1. The minimum absolute atomic E-state index is 0.134. The molecule has 32 heavy (non-hydrogen) atoms. The van der Waals surface area contributed by atoms with Gasteiger partial charge in [0, 0.05) is 18.7 Å². The fraction of sp³-hybridized carbons (Fsp3) is 0.0833. The van der Waals surface area contributed by atoms with Crippen molar-refractivity contribution in [1.82, 2.24) is 15.1 Å². The predicted molar refractivity (Wildman–Crippen MR) is 116 cm³/mol. The van der Waals surface area contributed by atoms with Gasteiger partial charge in [0.15, 0.2) is 11.3 Å². The molecule has 0 saturated carbocycles. The molecule has 0 bridgehead atoms. The molecular formula is C24H17N3O5. The first-order chi connectivity index (χ1) is 15.7. The van der Waals surface area contributed by atoms with Crippen molar-refractivity contribution in [1.29, 1.82) is 0 Å². The molecule has 5 aromatic rings. The second kappa shape index (κ2) is 8.35. The molecule has 0 spiro atoms. The molecule has 0 aliphatic heterocycles. The summed E-state index contributed by atoms with van der Waals surface area (Å²) in [5.41, 5.74) is 1.98.